The number of nitrogens with one attached hydrogen (secondary N) is 2. The molecule has 1 atom stereocenters. The molecule has 1 unspecified atom stereocenters. The van der Waals surface area contributed by atoms with Crippen LogP contribution in [-0.2, 0) is 11.3 Å². The average Bonchev–Trinajstić information content (AvgIpc) is 2.54. The molecule has 1 amide bonds. The van der Waals surface area contributed by atoms with E-state index in [9.17, 15) is 4.79 Å². The summed E-state index contributed by atoms with van der Waals surface area (Å²) >= 11 is 0. The van der Waals surface area contributed by atoms with E-state index >= 15 is 0 Å². The molecule has 22 heavy (non-hydrogen) atoms. The van der Waals surface area contributed by atoms with Crippen LogP contribution in [0.2, 0.25) is 0 Å². The van der Waals surface area contributed by atoms with Crippen LogP contribution in [0.1, 0.15) is 19.4 Å². The van der Waals surface area contributed by atoms with Gasteiger partial charge in [0.1, 0.15) is 5.75 Å². The van der Waals surface area contributed by atoms with E-state index in [-0.39, 0.29) is 11.9 Å². The van der Waals surface area contributed by atoms with Crippen molar-refractivity contribution in [2.24, 2.45) is 0 Å². The molecule has 0 aliphatic heterocycles. The van der Waals surface area contributed by atoms with Crippen LogP contribution in [0.15, 0.2) is 54.6 Å². The first-order valence-corrected chi connectivity index (χ1v) is 7.50. The maximum Gasteiger partial charge on any atom is 0.241 e. The van der Waals surface area contributed by atoms with Crippen molar-refractivity contribution >= 4 is 11.6 Å². The smallest absolute Gasteiger partial charge is 0.241 e. The fourth-order valence-corrected chi connectivity index (χ4v) is 2.05. The Balaban J connectivity index is 1.85. The van der Waals surface area contributed by atoms with E-state index in [1.54, 1.807) is 0 Å². The number of carbonyl (C=O) groups is 1. The second kappa shape index (κ2) is 8.20. The number of carbonyl (C=O) groups excluding carboxylic acids is 1. The van der Waals surface area contributed by atoms with E-state index in [0.717, 1.165) is 17.0 Å². The molecule has 0 saturated heterocycles. The monoisotopic (exact) mass is 298 g/mol. The molecule has 4 nitrogen and oxygen atoms in total. The summed E-state index contributed by atoms with van der Waals surface area (Å²) in [5.41, 5.74) is 1.89. The van der Waals surface area contributed by atoms with Crippen LogP contribution < -0.4 is 15.4 Å². The van der Waals surface area contributed by atoms with E-state index in [1.807, 2.05) is 68.4 Å². The maximum atomic E-state index is 12.1. The van der Waals surface area contributed by atoms with Crippen LogP contribution >= 0.6 is 0 Å². The van der Waals surface area contributed by atoms with Gasteiger partial charge in [0.05, 0.1) is 12.6 Å². The molecule has 2 rings (SSSR count). The zero-order valence-corrected chi connectivity index (χ0v) is 13.0. The number of rotatable bonds is 7. The van der Waals surface area contributed by atoms with Gasteiger partial charge in [0, 0.05) is 12.2 Å². The van der Waals surface area contributed by atoms with E-state index in [2.05, 4.69) is 10.6 Å². The largest absolute Gasteiger partial charge is 0.494 e. The Hall–Kier alpha value is -2.33. The molecule has 0 spiro atoms. The maximum absolute atomic E-state index is 12.1. The first kappa shape index (κ1) is 16.0. The minimum atomic E-state index is -0.282. The third-order valence-corrected chi connectivity index (χ3v) is 3.26. The molecule has 116 valence electrons. The summed E-state index contributed by atoms with van der Waals surface area (Å²) in [6.45, 7) is 5.07. The third-order valence-electron chi connectivity index (χ3n) is 3.26. The fraction of sp³-hybridized carbons (Fsp3) is 0.278. The Morgan fingerprint density at radius 3 is 2.64 bits per heavy atom. The van der Waals surface area contributed by atoms with Gasteiger partial charge in [0.15, 0.2) is 0 Å². The van der Waals surface area contributed by atoms with Crippen LogP contribution in [-0.4, -0.2) is 18.6 Å². The predicted molar refractivity (Wildman–Crippen MR) is 89.0 cm³/mol. The number of amides is 1. The molecule has 0 bridgehead atoms. The number of benzene rings is 2. The van der Waals surface area contributed by atoms with Crippen LogP contribution in [0.4, 0.5) is 5.69 Å². The average molecular weight is 298 g/mol. The van der Waals surface area contributed by atoms with Gasteiger partial charge in [0.25, 0.3) is 0 Å². The SMILES string of the molecule is CCOc1cccc(CNC(C)C(=O)Nc2ccccc2)c1. The van der Waals surface area contributed by atoms with Gasteiger partial charge in [-0.3, -0.25) is 4.79 Å². The summed E-state index contributed by atoms with van der Waals surface area (Å²) in [6, 6.07) is 17.1. The summed E-state index contributed by atoms with van der Waals surface area (Å²) in [7, 11) is 0. The molecule has 0 aromatic heterocycles. The van der Waals surface area contributed by atoms with Crippen molar-refractivity contribution < 1.29 is 9.53 Å². The molecule has 2 aromatic rings. The molecular formula is C18H22N2O2. The van der Waals surface area contributed by atoms with E-state index in [0.29, 0.717) is 13.2 Å². The fourth-order valence-electron chi connectivity index (χ4n) is 2.05. The summed E-state index contributed by atoms with van der Waals surface area (Å²) in [4.78, 5) is 12.1. The van der Waals surface area contributed by atoms with Gasteiger partial charge in [-0.25, -0.2) is 0 Å². The molecule has 2 aromatic carbocycles. The van der Waals surface area contributed by atoms with E-state index in [4.69, 9.17) is 4.74 Å². The number of anilines is 1. The molecule has 0 radical (unpaired) electrons. The molecule has 0 aliphatic carbocycles. The highest BCUT2D eigenvalue weighted by Crippen LogP contribution is 2.13. The van der Waals surface area contributed by atoms with E-state index in [1.165, 1.54) is 0 Å². The molecular weight excluding hydrogens is 276 g/mol. The summed E-state index contributed by atoms with van der Waals surface area (Å²) in [5.74, 6) is 0.801. The zero-order chi connectivity index (χ0) is 15.8. The predicted octanol–water partition coefficient (Wildman–Crippen LogP) is 3.20. The van der Waals surface area contributed by atoms with Crippen molar-refractivity contribution in [3.63, 3.8) is 0 Å². The Morgan fingerprint density at radius 2 is 1.91 bits per heavy atom. The second-order valence-corrected chi connectivity index (χ2v) is 5.04. The Kier molecular flexibility index (Phi) is 5.98. The minimum absolute atomic E-state index is 0.0489. The minimum Gasteiger partial charge on any atom is -0.494 e. The third kappa shape index (κ3) is 4.90. The van der Waals surface area contributed by atoms with Crippen LogP contribution in [0, 0.1) is 0 Å². The topological polar surface area (TPSA) is 50.4 Å². The highest BCUT2D eigenvalue weighted by molar-refractivity contribution is 5.94. The lowest BCUT2D eigenvalue weighted by molar-refractivity contribution is -0.117. The summed E-state index contributed by atoms with van der Waals surface area (Å²) in [6.07, 6.45) is 0. The molecule has 4 heteroatoms. The highest BCUT2D eigenvalue weighted by atomic mass is 16.5. The molecule has 0 aliphatic rings. The van der Waals surface area contributed by atoms with Crippen LogP contribution in [0.3, 0.4) is 0 Å². The van der Waals surface area contributed by atoms with Gasteiger partial charge < -0.3 is 15.4 Å². The first-order valence-electron chi connectivity index (χ1n) is 7.50. The van der Waals surface area contributed by atoms with Crippen LogP contribution in [0.5, 0.6) is 5.75 Å². The standard InChI is InChI=1S/C18H22N2O2/c1-3-22-17-11-7-8-15(12-17)13-19-14(2)18(21)20-16-9-5-4-6-10-16/h4-12,14,19H,3,13H2,1-2H3,(H,20,21). The van der Waals surface area contributed by atoms with Gasteiger partial charge >= 0.3 is 0 Å². The van der Waals surface area contributed by atoms with Crippen molar-refractivity contribution in [2.75, 3.05) is 11.9 Å². The lowest BCUT2D eigenvalue weighted by atomic mass is 10.2. The van der Waals surface area contributed by atoms with Gasteiger partial charge in [0.2, 0.25) is 5.91 Å². The summed E-state index contributed by atoms with van der Waals surface area (Å²) in [5, 5.41) is 6.10. The lowest BCUT2D eigenvalue weighted by Gasteiger charge is -2.14. The van der Waals surface area contributed by atoms with Gasteiger partial charge in [-0.05, 0) is 43.7 Å². The normalized spacial score (nSPS) is 11.7. The van der Waals surface area contributed by atoms with Gasteiger partial charge in [-0.2, -0.15) is 0 Å². The molecule has 0 fully saturated rings. The lowest BCUT2D eigenvalue weighted by Crippen LogP contribution is -2.37. The Labute approximate surface area is 131 Å². The summed E-state index contributed by atoms with van der Waals surface area (Å²) < 4.78 is 5.47. The number of hydrogen-bond donors (Lipinski definition) is 2. The first-order chi connectivity index (χ1) is 10.7. The second-order valence-electron chi connectivity index (χ2n) is 5.04. The molecule has 0 saturated carbocycles. The van der Waals surface area contributed by atoms with Gasteiger partial charge in [-0.15, -0.1) is 0 Å². The van der Waals surface area contributed by atoms with Crippen molar-refractivity contribution in [3.05, 3.63) is 60.2 Å². The van der Waals surface area contributed by atoms with Crippen LogP contribution in [0.25, 0.3) is 0 Å². The van der Waals surface area contributed by atoms with Crippen molar-refractivity contribution in [2.45, 2.75) is 26.4 Å². The molecule has 2 N–H and O–H groups in total. The van der Waals surface area contributed by atoms with Gasteiger partial charge in [-0.1, -0.05) is 30.3 Å². The van der Waals surface area contributed by atoms with E-state index < -0.39 is 0 Å². The van der Waals surface area contributed by atoms with Crippen molar-refractivity contribution in [1.29, 1.82) is 0 Å². The number of ether oxygens (including phenoxy) is 1. The van der Waals surface area contributed by atoms with Crippen molar-refractivity contribution in [3.8, 4) is 5.75 Å². The number of para-hydroxylation sites is 1. The highest BCUT2D eigenvalue weighted by Gasteiger charge is 2.12. The molecule has 0 heterocycles. The zero-order valence-electron chi connectivity index (χ0n) is 13.0. The Morgan fingerprint density at radius 1 is 1.14 bits per heavy atom. The number of hydrogen-bond acceptors (Lipinski definition) is 3. The Bertz CT molecular complexity index is 599. The van der Waals surface area contributed by atoms with Crippen molar-refractivity contribution in [1.82, 2.24) is 5.32 Å². The quantitative estimate of drug-likeness (QED) is 0.825.